The maximum atomic E-state index is 11.8. The van der Waals surface area contributed by atoms with Crippen LogP contribution in [0.5, 0.6) is 0 Å². The highest BCUT2D eigenvalue weighted by molar-refractivity contribution is 5.89. The molecule has 2 aliphatic rings. The third-order valence-corrected chi connectivity index (χ3v) is 6.49. The van der Waals surface area contributed by atoms with Crippen molar-refractivity contribution in [2.45, 2.75) is 45.7 Å². The van der Waals surface area contributed by atoms with Gasteiger partial charge in [-0.15, -0.1) is 0 Å². The molecule has 1 aromatic carbocycles. The van der Waals surface area contributed by atoms with E-state index in [2.05, 4.69) is 40.4 Å². The first-order valence-corrected chi connectivity index (χ1v) is 12.1. The van der Waals surface area contributed by atoms with Crippen LogP contribution in [-0.2, 0) is 11.2 Å². The maximum Gasteiger partial charge on any atom is 0.319 e. The minimum Gasteiger partial charge on any atom is -0.377 e. The summed E-state index contributed by atoms with van der Waals surface area (Å²) in [5.41, 5.74) is 3.68. The van der Waals surface area contributed by atoms with Gasteiger partial charge in [-0.05, 0) is 51.1 Å². The number of nitriles is 1. The van der Waals surface area contributed by atoms with Gasteiger partial charge in [-0.2, -0.15) is 5.26 Å². The van der Waals surface area contributed by atoms with Gasteiger partial charge in [0.2, 0.25) is 0 Å². The van der Waals surface area contributed by atoms with Crippen LogP contribution in [0.3, 0.4) is 0 Å². The fraction of sp³-hybridized carbons (Fsp3) is 0.520. The van der Waals surface area contributed by atoms with Gasteiger partial charge in [0.15, 0.2) is 5.82 Å². The van der Waals surface area contributed by atoms with Gasteiger partial charge in [-0.3, -0.25) is 4.90 Å². The molecule has 2 atom stereocenters. The van der Waals surface area contributed by atoms with E-state index in [0.717, 1.165) is 48.7 Å². The van der Waals surface area contributed by atoms with Crippen LogP contribution >= 0.6 is 0 Å². The van der Waals surface area contributed by atoms with Crippen LogP contribution in [0, 0.1) is 11.3 Å². The molecule has 0 radical (unpaired) electrons. The number of ether oxygens (including phenoxy) is 1. The summed E-state index contributed by atoms with van der Waals surface area (Å²) in [6, 6.07) is 9.86. The van der Waals surface area contributed by atoms with E-state index < -0.39 is 0 Å². The molecule has 9 heteroatoms. The average Bonchev–Trinajstić information content (AvgIpc) is 2.85. The van der Waals surface area contributed by atoms with Crippen LogP contribution < -0.4 is 15.5 Å². The van der Waals surface area contributed by atoms with E-state index in [1.807, 2.05) is 31.2 Å². The number of anilines is 2. The second-order valence-corrected chi connectivity index (χ2v) is 8.67. The van der Waals surface area contributed by atoms with Crippen molar-refractivity contribution >= 4 is 17.5 Å². The summed E-state index contributed by atoms with van der Waals surface area (Å²) in [6.45, 7) is 10.6. The first-order chi connectivity index (χ1) is 16.5. The third-order valence-electron chi connectivity index (χ3n) is 6.49. The molecule has 1 aromatic heterocycles. The molecular formula is C25H33N7O2. The lowest BCUT2D eigenvalue weighted by Gasteiger charge is -2.40. The number of fused-ring (bicyclic) bond motifs is 1. The number of nitrogens with zero attached hydrogens (tertiary/aromatic N) is 5. The predicted octanol–water partition coefficient (Wildman–Crippen LogP) is 3.34. The molecule has 9 nitrogen and oxygen atoms in total. The number of carbonyl (C=O) groups is 1. The number of nitrogens with one attached hydrogen (secondary N) is 2. The molecule has 0 bridgehead atoms. The average molecular weight is 464 g/mol. The standard InChI is InChI=1S/C25H33N7O2/c1-4-27-25(33)28-19-8-6-18(7-9-19)23-29-22-20(11-13-31(5-2)21(22)10-12-26)24(30-23)32-14-15-34-16-17(32)3/h6-9,17,21H,4-5,10-11,13-16H2,1-3H3,(H2,27,28,33)/t17-,21+/m0/s1. The number of aromatic nitrogens is 2. The van der Waals surface area contributed by atoms with Gasteiger partial charge in [0.1, 0.15) is 5.82 Å². The molecular weight excluding hydrogens is 430 g/mol. The lowest BCUT2D eigenvalue weighted by atomic mass is 9.95. The fourth-order valence-electron chi connectivity index (χ4n) is 4.73. The summed E-state index contributed by atoms with van der Waals surface area (Å²) < 4.78 is 5.67. The first kappa shape index (κ1) is 23.9. The van der Waals surface area contributed by atoms with Crippen molar-refractivity contribution in [2.24, 2.45) is 0 Å². The lowest BCUT2D eigenvalue weighted by molar-refractivity contribution is 0.0982. The van der Waals surface area contributed by atoms with Crippen LogP contribution in [-0.4, -0.2) is 66.3 Å². The summed E-state index contributed by atoms with van der Waals surface area (Å²) >= 11 is 0. The van der Waals surface area contributed by atoms with Crippen molar-refractivity contribution in [3.8, 4) is 17.5 Å². The molecule has 0 saturated carbocycles. The maximum absolute atomic E-state index is 11.8. The van der Waals surface area contributed by atoms with Crippen LogP contribution in [0.1, 0.15) is 44.5 Å². The fourth-order valence-corrected chi connectivity index (χ4v) is 4.73. The second kappa shape index (κ2) is 10.8. The number of hydrogen-bond acceptors (Lipinski definition) is 7. The summed E-state index contributed by atoms with van der Waals surface area (Å²) in [7, 11) is 0. The molecule has 0 unspecified atom stereocenters. The van der Waals surface area contributed by atoms with Gasteiger partial charge >= 0.3 is 6.03 Å². The molecule has 3 heterocycles. The highest BCUT2D eigenvalue weighted by atomic mass is 16.5. The molecule has 2 N–H and O–H groups in total. The zero-order chi connectivity index (χ0) is 24.1. The van der Waals surface area contributed by atoms with Crippen LogP contribution in [0.4, 0.5) is 16.3 Å². The van der Waals surface area contributed by atoms with Gasteiger partial charge in [-0.1, -0.05) is 6.92 Å². The molecule has 0 aliphatic carbocycles. The Kier molecular flexibility index (Phi) is 7.60. The molecule has 34 heavy (non-hydrogen) atoms. The number of hydrogen-bond donors (Lipinski definition) is 2. The highest BCUT2D eigenvalue weighted by Gasteiger charge is 2.33. The number of morpholine rings is 1. The van der Waals surface area contributed by atoms with Gasteiger partial charge < -0.3 is 20.3 Å². The van der Waals surface area contributed by atoms with E-state index in [-0.39, 0.29) is 18.1 Å². The number of urea groups is 1. The molecule has 2 amide bonds. The Morgan fingerprint density at radius 2 is 2.03 bits per heavy atom. The summed E-state index contributed by atoms with van der Waals surface area (Å²) in [6.07, 6.45) is 1.25. The van der Waals surface area contributed by atoms with Crippen LogP contribution in [0.2, 0.25) is 0 Å². The SMILES string of the molecule is CCNC(=O)Nc1ccc(-c2nc3c(c(N4CCOC[C@@H]4C)n2)CCN(CC)[C@@H]3CC#N)cc1. The number of rotatable bonds is 6. The van der Waals surface area contributed by atoms with Gasteiger partial charge in [0.05, 0.1) is 43.5 Å². The smallest absolute Gasteiger partial charge is 0.319 e. The second-order valence-electron chi connectivity index (χ2n) is 8.67. The van der Waals surface area contributed by atoms with Crippen molar-refractivity contribution in [2.75, 3.05) is 49.6 Å². The van der Waals surface area contributed by atoms with Crippen molar-refractivity contribution in [3.05, 3.63) is 35.5 Å². The molecule has 0 spiro atoms. The Bertz CT molecular complexity index is 1050. The van der Waals surface area contributed by atoms with Gasteiger partial charge in [-0.25, -0.2) is 14.8 Å². The topological polar surface area (TPSA) is 106 Å². The van der Waals surface area contributed by atoms with E-state index in [9.17, 15) is 10.1 Å². The number of amides is 2. The minimum atomic E-state index is -0.233. The highest BCUT2D eigenvalue weighted by Crippen LogP contribution is 2.37. The van der Waals surface area contributed by atoms with E-state index in [1.54, 1.807) is 0 Å². The van der Waals surface area contributed by atoms with Crippen molar-refractivity contribution in [1.29, 1.82) is 5.26 Å². The van der Waals surface area contributed by atoms with Crippen molar-refractivity contribution < 1.29 is 9.53 Å². The first-order valence-electron chi connectivity index (χ1n) is 12.1. The third kappa shape index (κ3) is 4.98. The van der Waals surface area contributed by atoms with Gasteiger partial charge in [0.25, 0.3) is 0 Å². The lowest BCUT2D eigenvalue weighted by Crippen LogP contribution is -2.46. The molecule has 180 valence electrons. The van der Waals surface area contributed by atoms with Gasteiger partial charge in [0, 0.05) is 36.4 Å². The normalized spacial score (nSPS) is 20.4. The van der Waals surface area contributed by atoms with E-state index in [1.165, 1.54) is 0 Å². The largest absolute Gasteiger partial charge is 0.377 e. The van der Waals surface area contributed by atoms with E-state index >= 15 is 0 Å². The Morgan fingerprint density at radius 1 is 1.24 bits per heavy atom. The molecule has 4 rings (SSSR count). The van der Waals surface area contributed by atoms with Crippen LogP contribution in [0.25, 0.3) is 11.4 Å². The number of benzene rings is 1. The molecule has 1 saturated heterocycles. The predicted molar refractivity (Wildman–Crippen MR) is 132 cm³/mol. The van der Waals surface area contributed by atoms with Crippen LogP contribution in [0.15, 0.2) is 24.3 Å². The summed E-state index contributed by atoms with van der Waals surface area (Å²) in [5, 5.41) is 15.1. The summed E-state index contributed by atoms with van der Waals surface area (Å²) in [5.74, 6) is 1.59. The zero-order valence-electron chi connectivity index (χ0n) is 20.2. The Labute approximate surface area is 201 Å². The van der Waals surface area contributed by atoms with E-state index in [4.69, 9.17) is 14.7 Å². The van der Waals surface area contributed by atoms with Crippen molar-refractivity contribution in [1.82, 2.24) is 20.2 Å². The molecule has 2 aromatic rings. The Hall–Kier alpha value is -3.22. The molecule has 1 fully saturated rings. The summed E-state index contributed by atoms with van der Waals surface area (Å²) in [4.78, 5) is 26.6. The number of likely N-dealkylation sites (N-methyl/N-ethyl adjacent to an activating group) is 1. The quantitative estimate of drug-likeness (QED) is 0.677. The Balaban J connectivity index is 1.76. The molecule has 2 aliphatic heterocycles. The van der Waals surface area contributed by atoms with Crippen molar-refractivity contribution in [3.63, 3.8) is 0 Å². The monoisotopic (exact) mass is 463 g/mol. The zero-order valence-corrected chi connectivity index (χ0v) is 20.2. The minimum absolute atomic E-state index is 0.0470. The number of carbonyl (C=O) groups excluding carboxylic acids is 1. The Morgan fingerprint density at radius 3 is 2.71 bits per heavy atom. The van der Waals surface area contributed by atoms with E-state index in [0.29, 0.717) is 37.7 Å².